The summed E-state index contributed by atoms with van der Waals surface area (Å²) in [5, 5.41) is 18.6. The smallest absolute Gasteiger partial charge is 0.315 e. The van der Waals surface area contributed by atoms with Gasteiger partial charge >= 0.3 is 5.69 Å². The van der Waals surface area contributed by atoms with E-state index in [9.17, 15) is 10.1 Å². The van der Waals surface area contributed by atoms with Gasteiger partial charge in [-0.2, -0.15) is 0 Å². The first-order valence-corrected chi connectivity index (χ1v) is 10.1. The van der Waals surface area contributed by atoms with Gasteiger partial charge in [0.25, 0.3) is 0 Å². The molecule has 0 saturated carbocycles. The van der Waals surface area contributed by atoms with Crippen molar-refractivity contribution in [2.45, 2.75) is 13.0 Å². The Labute approximate surface area is 178 Å². The SMILES string of the molecule is COc1cc(-c2nc3ccc4ccccc4c3c3c2CNCC3)cc([N+](=O)[O-])c1OC. The molecule has 0 amide bonds. The van der Waals surface area contributed by atoms with Gasteiger partial charge in [-0.15, -0.1) is 0 Å². The molecule has 2 heterocycles. The van der Waals surface area contributed by atoms with Crippen LogP contribution in [0.15, 0.2) is 48.5 Å². The highest BCUT2D eigenvalue weighted by Gasteiger charge is 2.26. The van der Waals surface area contributed by atoms with Gasteiger partial charge in [0, 0.05) is 23.6 Å². The van der Waals surface area contributed by atoms with Crippen LogP contribution in [0.5, 0.6) is 11.5 Å². The molecule has 5 rings (SSSR count). The summed E-state index contributed by atoms with van der Waals surface area (Å²) < 4.78 is 10.7. The minimum atomic E-state index is -0.454. The summed E-state index contributed by atoms with van der Waals surface area (Å²) in [4.78, 5) is 16.2. The van der Waals surface area contributed by atoms with Gasteiger partial charge in [0.2, 0.25) is 5.75 Å². The number of methoxy groups -OCH3 is 2. The molecule has 0 unspecified atom stereocenters. The number of nitro benzene ring substituents is 1. The molecular formula is C24H21N3O4. The molecule has 3 aromatic carbocycles. The summed E-state index contributed by atoms with van der Waals surface area (Å²) in [6.45, 7) is 1.53. The Kier molecular flexibility index (Phi) is 4.67. The third-order valence-corrected chi connectivity index (χ3v) is 5.87. The normalized spacial score (nSPS) is 13.2. The predicted molar refractivity (Wildman–Crippen MR) is 120 cm³/mol. The van der Waals surface area contributed by atoms with Gasteiger partial charge in [0.05, 0.1) is 30.4 Å². The molecule has 7 nitrogen and oxygen atoms in total. The van der Waals surface area contributed by atoms with Crippen LogP contribution in [-0.4, -0.2) is 30.7 Å². The van der Waals surface area contributed by atoms with E-state index in [0.717, 1.165) is 35.1 Å². The van der Waals surface area contributed by atoms with E-state index in [1.807, 2.05) is 18.2 Å². The molecule has 0 bridgehead atoms. The standard InChI is InChI=1S/C24H21N3O4/c1-30-21-12-15(11-20(27(28)29)24(21)31-2)23-18-13-25-10-9-17(18)22-16-6-4-3-5-14(16)7-8-19(22)26-23/h3-8,11-12,25H,9-10,13H2,1-2H3. The highest BCUT2D eigenvalue weighted by atomic mass is 16.6. The van der Waals surface area contributed by atoms with Crippen molar-refractivity contribution in [3.63, 3.8) is 0 Å². The molecule has 0 saturated heterocycles. The third kappa shape index (κ3) is 3.05. The second-order valence-electron chi connectivity index (χ2n) is 7.51. The summed E-state index contributed by atoms with van der Waals surface area (Å²) in [7, 11) is 2.87. The van der Waals surface area contributed by atoms with Crippen molar-refractivity contribution in [1.82, 2.24) is 10.3 Å². The monoisotopic (exact) mass is 415 g/mol. The fourth-order valence-electron chi connectivity index (χ4n) is 4.50. The molecule has 1 aromatic heterocycles. The van der Waals surface area contributed by atoms with Crippen LogP contribution >= 0.6 is 0 Å². The van der Waals surface area contributed by atoms with E-state index in [0.29, 0.717) is 17.9 Å². The molecule has 0 aliphatic carbocycles. The fraction of sp³-hybridized carbons (Fsp3) is 0.208. The number of aromatic nitrogens is 1. The molecule has 7 heteroatoms. The van der Waals surface area contributed by atoms with Crippen molar-refractivity contribution in [2.75, 3.05) is 20.8 Å². The Bertz CT molecular complexity index is 1350. The van der Waals surface area contributed by atoms with Crippen molar-refractivity contribution in [3.05, 3.63) is 69.8 Å². The van der Waals surface area contributed by atoms with Crippen molar-refractivity contribution in [1.29, 1.82) is 0 Å². The predicted octanol–water partition coefficient (Wildman–Crippen LogP) is 4.63. The van der Waals surface area contributed by atoms with E-state index in [4.69, 9.17) is 14.5 Å². The molecule has 0 spiro atoms. The van der Waals surface area contributed by atoms with Gasteiger partial charge < -0.3 is 14.8 Å². The molecule has 31 heavy (non-hydrogen) atoms. The summed E-state index contributed by atoms with van der Waals surface area (Å²) in [6.07, 6.45) is 0.866. The fourth-order valence-corrected chi connectivity index (χ4v) is 4.50. The molecule has 156 valence electrons. The first kappa shape index (κ1) is 19.3. The number of pyridine rings is 1. The summed E-state index contributed by atoms with van der Waals surface area (Å²) in [5.74, 6) is 0.416. The molecule has 4 aromatic rings. The molecule has 1 aliphatic rings. The number of nitrogens with zero attached hydrogens (tertiary/aromatic N) is 2. The van der Waals surface area contributed by atoms with Crippen LogP contribution in [0.3, 0.4) is 0 Å². The van der Waals surface area contributed by atoms with E-state index in [1.54, 1.807) is 6.07 Å². The molecule has 0 radical (unpaired) electrons. The zero-order valence-electron chi connectivity index (χ0n) is 17.3. The van der Waals surface area contributed by atoms with Crippen molar-refractivity contribution in [2.24, 2.45) is 0 Å². The van der Waals surface area contributed by atoms with E-state index in [-0.39, 0.29) is 11.4 Å². The Morgan fingerprint density at radius 3 is 2.68 bits per heavy atom. The van der Waals surface area contributed by atoms with E-state index in [2.05, 4.69) is 23.5 Å². The van der Waals surface area contributed by atoms with Gasteiger partial charge in [0.15, 0.2) is 5.75 Å². The van der Waals surface area contributed by atoms with Crippen molar-refractivity contribution >= 4 is 27.4 Å². The number of nitrogens with one attached hydrogen (secondary N) is 1. The zero-order chi connectivity index (χ0) is 21.5. The lowest BCUT2D eigenvalue weighted by atomic mass is 9.90. The maximum atomic E-state index is 11.7. The van der Waals surface area contributed by atoms with E-state index in [1.165, 1.54) is 36.6 Å². The number of nitro groups is 1. The Morgan fingerprint density at radius 1 is 1.06 bits per heavy atom. The van der Waals surface area contributed by atoms with Gasteiger partial charge in [-0.1, -0.05) is 30.3 Å². The lowest BCUT2D eigenvalue weighted by Crippen LogP contribution is -2.25. The molecule has 1 N–H and O–H groups in total. The second kappa shape index (κ2) is 7.52. The molecule has 0 atom stereocenters. The highest BCUT2D eigenvalue weighted by molar-refractivity contribution is 6.09. The topological polar surface area (TPSA) is 86.5 Å². The van der Waals surface area contributed by atoms with Gasteiger partial charge in [-0.25, -0.2) is 4.98 Å². The van der Waals surface area contributed by atoms with Crippen molar-refractivity contribution in [3.8, 4) is 22.8 Å². The number of ether oxygens (including phenoxy) is 2. The summed E-state index contributed by atoms with van der Waals surface area (Å²) >= 11 is 0. The number of hydrogen-bond donors (Lipinski definition) is 1. The third-order valence-electron chi connectivity index (χ3n) is 5.87. The van der Waals surface area contributed by atoms with Crippen LogP contribution in [0, 0.1) is 10.1 Å². The van der Waals surface area contributed by atoms with E-state index >= 15 is 0 Å². The van der Waals surface area contributed by atoms with Crippen molar-refractivity contribution < 1.29 is 14.4 Å². The van der Waals surface area contributed by atoms with Crippen LogP contribution in [0.1, 0.15) is 11.1 Å². The first-order valence-electron chi connectivity index (χ1n) is 10.1. The first-order chi connectivity index (χ1) is 15.1. The average molecular weight is 415 g/mol. The van der Waals surface area contributed by atoms with Gasteiger partial charge in [-0.05, 0) is 47.0 Å². The minimum Gasteiger partial charge on any atom is -0.493 e. The number of hydrogen-bond acceptors (Lipinski definition) is 6. The maximum Gasteiger partial charge on any atom is 0.315 e. The summed E-state index contributed by atoms with van der Waals surface area (Å²) in [6, 6.07) is 15.7. The quantitative estimate of drug-likeness (QED) is 0.297. The zero-order valence-corrected chi connectivity index (χ0v) is 17.3. The number of rotatable bonds is 4. The average Bonchev–Trinajstić information content (AvgIpc) is 2.82. The van der Waals surface area contributed by atoms with Crippen LogP contribution in [0.2, 0.25) is 0 Å². The molecular weight excluding hydrogens is 394 g/mol. The maximum absolute atomic E-state index is 11.7. The minimum absolute atomic E-state index is 0.107. The van der Waals surface area contributed by atoms with Crippen LogP contribution in [0.4, 0.5) is 5.69 Å². The largest absolute Gasteiger partial charge is 0.493 e. The highest BCUT2D eigenvalue weighted by Crippen LogP contribution is 2.43. The molecule has 0 fully saturated rings. The van der Waals surface area contributed by atoms with Gasteiger partial charge in [-0.3, -0.25) is 10.1 Å². The second-order valence-corrected chi connectivity index (χ2v) is 7.51. The Balaban J connectivity index is 1.85. The van der Waals surface area contributed by atoms with E-state index < -0.39 is 4.92 Å². The lowest BCUT2D eigenvalue weighted by Gasteiger charge is -2.23. The van der Waals surface area contributed by atoms with Gasteiger partial charge in [0.1, 0.15) is 0 Å². The summed E-state index contributed by atoms with van der Waals surface area (Å²) in [5.41, 5.74) is 4.42. The number of benzene rings is 3. The molecule has 1 aliphatic heterocycles. The Morgan fingerprint density at radius 2 is 1.90 bits per heavy atom. The Hall–Kier alpha value is -3.71. The lowest BCUT2D eigenvalue weighted by molar-refractivity contribution is -0.385. The van der Waals surface area contributed by atoms with Crippen LogP contribution in [-0.2, 0) is 13.0 Å². The number of fused-ring (bicyclic) bond motifs is 5. The van der Waals surface area contributed by atoms with Crippen LogP contribution in [0.25, 0.3) is 32.9 Å². The van der Waals surface area contributed by atoms with Crippen LogP contribution < -0.4 is 14.8 Å².